The Morgan fingerprint density at radius 1 is 1.42 bits per heavy atom. The maximum absolute atomic E-state index is 5.72. The third-order valence-corrected chi connectivity index (χ3v) is 2.89. The van der Waals surface area contributed by atoms with Crippen LogP contribution in [0.5, 0.6) is 0 Å². The van der Waals surface area contributed by atoms with E-state index in [1.807, 2.05) is 0 Å². The van der Waals surface area contributed by atoms with Crippen molar-refractivity contribution in [2.75, 3.05) is 26.7 Å². The van der Waals surface area contributed by atoms with E-state index in [4.69, 9.17) is 5.73 Å². The summed E-state index contributed by atoms with van der Waals surface area (Å²) >= 11 is 0. The molecule has 0 atom stereocenters. The van der Waals surface area contributed by atoms with Crippen molar-refractivity contribution in [2.24, 2.45) is 11.1 Å². The maximum Gasteiger partial charge on any atom is 0.00470 e. The van der Waals surface area contributed by atoms with Gasteiger partial charge >= 0.3 is 0 Å². The van der Waals surface area contributed by atoms with Crippen molar-refractivity contribution in [3.05, 3.63) is 0 Å². The van der Waals surface area contributed by atoms with Gasteiger partial charge in [0, 0.05) is 6.54 Å². The van der Waals surface area contributed by atoms with Crippen LogP contribution < -0.4 is 5.73 Å². The molecule has 2 nitrogen and oxygen atoms in total. The minimum atomic E-state index is 0.516. The first-order valence-electron chi connectivity index (χ1n) is 5.11. The fourth-order valence-electron chi connectivity index (χ4n) is 1.68. The third-order valence-electron chi connectivity index (χ3n) is 2.89. The molecule has 0 unspecified atom stereocenters. The molecule has 1 aliphatic rings. The second-order valence-corrected chi connectivity index (χ2v) is 4.30. The zero-order valence-electron chi connectivity index (χ0n) is 8.47. The Hall–Kier alpha value is -0.0800. The molecule has 72 valence electrons. The van der Waals surface area contributed by atoms with E-state index < -0.39 is 0 Å². The van der Waals surface area contributed by atoms with Crippen molar-refractivity contribution in [1.82, 2.24) is 4.90 Å². The largest absolute Gasteiger partial charge is 0.330 e. The van der Waals surface area contributed by atoms with Gasteiger partial charge in [0.1, 0.15) is 0 Å². The fourth-order valence-corrected chi connectivity index (χ4v) is 1.68. The van der Waals surface area contributed by atoms with Gasteiger partial charge in [0.2, 0.25) is 0 Å². The SMILES string of the molecule is CCCCN(C)CC1(CN)CC1. The highest BCUT2D eigenvalue weighted by Gasteiger charge is 2.41. The van der Waals surface area contributed by atoms with Crippen molar-refractivity contribution in [1.29, 1.82) is 0 Å². The van der Waals surface area contributed by atoms with Gasteiger partial charge in [-0.25, -0.2) is 0 Å². The lowest BCUT2D eigenvalue weighted by Gasteiger charge is -2.22. The Morgan fingerprint density at radius 2 is 2.08 bits per heavy atom. The number of hydrogen-bond donors (Lipinski definition) is 1. The Kier molecular flexibility index (Phi) is 3.53. The minimum absolute atomic E-state index is 0.516. The van der Waals surface area contributed by atoms with Crippen molar-refractivity contribution in [2.45, 2.75) is 32.6 Å². The van der Waals surface area contributed by atoms with Crippen LogP contribution in [0.3, 0.4) is 0 Å². The molecule has 0 saturated heterocycles. The van der Waals surface area contributed by atoms with Crippen LogP contribution in [0, 0.1) is 5.41 Å². The molecule has 0 aromatic rings. The standard InChI is InChI=1S/C10H22N2/c1-3-4-7-12(2)9-10(8-11)5-6-10/h3-9,11H2,1-2H3. The summed E-state index contributed by atoms with van der Waals surface area (Å²) in [5.41, 5.74) is 6.24. The van der Waals surface area contributed by atoms with Gasteiger partial charge in [-0.15, -0.1) is 0 Å². The second-order valence-electron chi connectivity index (χ2n) is 4.30. The summed E-state index contributed by atoms with van der Waals surface area (Å²) in [6.07, 6.45) is 5.30. The van der Waals surface area contributed by atoms with Gasteiger partial charge in [-0.05, 0) is 44.8 Å². The van der Waals surface area contributed by atoms with Crippen molar-refractivity contribution < 1.29 is 0 Å². The van der Waals surface area contributed by atoms with Crippen LogP contribution in [0.25, 0.3) is 0 Å². The van der Waals surface area contributed by atoms with Crippen LogP contribution in [0.15, 0.2) is 0 Å². The molecule has 0 amide bonds. The van der Waals surface area contributed by atoms with Crippen molar-refractivity contribution in [3.63, 3.8) is 0 Å². The first-order chi connectivity index (χ1) is 5.72. The highest BCUT2D eigenvalue weighted by atomic mass is 15.1. The molecular weight excluding hydrogens is 148 g/mol. The van der Waals surface area contributed by atoms with Crippen LogP contribution in [0.1, 0.15) is 32.6 Å². The average molecular weight is 170 g/mol. The van der Waals surface area contributed by atoms with Crippen molar-refractivity contribution in [3.8, 4) is 0 Å². The number of nitrogens with zero attached hydrogens (tertiary/aromatic N) is 1. The molecule has 1 rings (SSSR count). The van der Waals surface area contributed by atoms with Gasteiger partial charge in [0.15, 0.2) is 0 Å². The summed E-state index contributed by atoms with van der Waals surface area (Å²) in [6.45, 7) is 5.56. The van der Waals surface area contributed by atoms with E-state index in [1.165, 1.54) is 38.8 Å². The lowest BCUT2D eigenvalue weighted by atomic mass is 10.1. The predicted molar refractivity (Wildman–Crippen MR) is 53.1 cm³/mol. The van der Waals surface area contributed by atoms with E-state index in [0.29, 0.717) is 5.41 Å². The summed E-state index contributed by atoms with van der Waals surface area (Å²) in [5, 5.41) is 0. The zero-order chi connectivity index (χ0) is 9.03. The average Bonchev–Trinajstić information content (AvgIpc) is 2.82. The van der Waals surface area contributed by atoms with Gasteiger partial charge in [0.05, 0.1) is 0 Å². The number of nitrogens with two attached hydrogens (primary N) is 1. The minimum Gasteiger partial charge on any atom is -0.330 e. The molecule has 1 saturated carbocycles. The molecule has 0 spiro atoms. The summed E-state index contributed by atoms with van der Waals surface area (Å²) in [7, 11) is 2.21. The van der Waals surface area contributed by atoms with Crippen LogP contribution in [0.2, 0.25) is 0 Å². The zero-order valence-corrected chi connectivity index (χ0v) is 8.47. The molecule has 1 aliphatic carbocycles. The van der Waals surface area contributed by atoms with Gasteiger partial charge in [0.25, 0.3) is 0 Å². The molecule has 2 N–H and O–H groups in total. The predicted octanol–water partition coefficient (Wildman–Crippen LogP) is 1.46. The van der Waals surface area contributed by atoms with E-state index in [9.17, 15) is 0 Å². The summed E-state index contributed by atoms with van der Waals surface area (Å²) < 4.78 is 0. The third kappa shape index (κ3) is 2.76. The lowest BCUT2D eigenvalue weighted by molar-refractivity contribution is 0.263. The Balaban J connectivity index is 2.13. The molecule has 0 aromatic carbocycles. The quantitative estimate of drug-likeness (QED) is 0.654. The first kappa shape index (κ1) is 10.0. The monoisotopic (exact) mass is 170 g/mol. The van der Waals surface area contributed by atoms with Gasteiger partial charge in [-0.2, -0.15) is 0 Å². The molecule has 12 heavy (non-hydrogen) atoms. The van der Waals surface area contributed by atoms with E-state index >= 15 is 0 Å². The summed E-state index contributed by atoms with van der Waals surface area (Å²) in [5.74, 6) is 0. The van der Waals surface area contributed by atoms with Gasteiger partial charge < -0.3 is 10.6 Å². The normalized spacial score (nSPS) is 20.0. The molecule has 2 heteroatoms. The lowest BCUT2D eigenvalue weighted by Crippen LogP contribution is -2.32. The smallest absolute Gasteiger partial charge is 0.00470 e. The highest BCUT2D eigenvalue weighted by molar-refractivity contribution is 4.95. The summed E-state index contributed by atoms with van der Waals surface area (Å²) in [6, 6.07) is 0. The van der Waals surface area contributed by atoms with Crippen LogP contribution in [-0.2, 0) is 0 Å². The van der Waals surface area contributed by atoms with E-state index in [-0.39, 0.29) is 0 Å². The molecule has 0 bridgehead atoms. The van der Waals surface area contributed by atoms with E-state index in [2.05, 4.69) is 18.9 Å². The Labute approximate surface area is 76.1 Å². The van der Waals surface area contributed by atoms with Crippen molar-refractivity contribution >= 4 is 0 Å². The Bertz CT molecular complexity index is 130. The van der Waals surface area contributed by atoms with Crippen LogP contribution in [0.4, 0.5) is 0 Å². The molecule has 0 radical (unpaired) electrons. The molecule has 1 fully saturated rings. The van der Waals surface area contributed by atoms with E-state index in [0.717, 1.165) is 6.54 Å². The number of rotatable bonds is 6. The topological polar surface area (TPSA) is 29.3 Å². The molecule has 0 heterocycles. The Morgan fingerprint density at radius 3 is 2.50 bits per heavy atom. The van der Waals surface area contributed by atoms with Gasteiger partial charge in [-0.3, -0.25) is 0 Å². The number of unbranched alkanes of at least 4 members (excludes halogenated alkanes) is 1. The van der Waals surface area contributed by atoms with Crippen LogP contribution in [-0.4, -0.2) is 31.6 Å². The van der Waals surface area contributed by atoms with E-state index in [1.54, 1.807) is 0 Å². The first-order valence-corrected chi connectivity index (χ1v) is 5.11. The maximum atomic E-state index is 5.72. The second kappa shape index (κ2) is 4.24. The molecular formula is C10H22N2. The number of hydrogen-bond acceptors (Lipinski definition) is 2. The molecule has 0 aromatic heterocycles. The van der Waals surface area contributed by atoms with Gasteiger partial charge in [-0.1, -0.05) is 13.3 Å². The van der Waals surface area contributed by atoms with Crippen LogP contribution >= 0.6 is 0 Å². The fraction of sp³-hybridized carbons (Fsp3) is 1.00. The summed E-state index contributed by atoms with van der Waals surface area (Å²) in [4.78, 5) is 2.43. The molecule has 0 aliphatic heterocycles. The highest BCUT2D eigenvalue weighted by Crippen LogP contribution is 2.44.